The van der Waals surface area contributed by atoms with Crippen molar-refractivity contribution in [3.8, 4) is 6.07 Å². The molecular weight excluding hydrogens is 568 g/mol. The van der Waals surface area contributed by atoms with Gasteiger partial charge < -0.3 is 15.0 Å². The zero-order valence-corrected chi connectivity index (χ0v) is 26.6. The van der Waals surface area contributed by atoms with Gasteiger partial charge in [-0.25, -0.2) is 0 Å². The molecule has 8 nitrogen and oxygen atoms in total. The van der Waals surface area contributed by atoms with E-state index < -0.39 is 0 Å². The molecule has 5 rings (SSSR count). The number of carbonyl (C=O) groups is 1. The van der Waals surface area contributed by atoms with Gasteiger partial charge in [0, 0.05) is 41.2 Å². The number of alkyl halides is 1. The summed E-state index contributed by atoms with van der Waals surface area (Å²) in [5, 5.41) is 20.5. The number of rotatable bonds is 10. The molecule has 3 heterocycles. The van der Waals surface area contributed by atoms with Gasteiger partial charge in [0.1, 0.15) is 0 Å². The van der Waals surface area contributed by atoms with Crippen LogP contribution in [-0.2, 0) is 16.0 Å². The number of ether oxygens (including phenoxy) is 1. The first-order valence-corrected chi connectivity index (χ1v) is 16.9. The highest BCUT2D eigenvalue weighted by molar-refractivity contribution is 8.01. The van der Waals surface area contributed by atoms with E-state index in [2.05, 4.69) is 64.7 Å². The van der Waals surface area contributed by atoms with Crippen LogP contribution in [0.25, 0.3) is 0 Å². The van der Waals surface area contributed by atoms with E-state index >= 15 is 0 Å². The number of nitrogens with one attached hydrogen (secondary N) is 3. The highest BCUT2D eigenvalue weighted by atomic mass is 35.5. The summed E-state index contributed by atoms with van der Waals surface area (Å²) < 4.78 is 6.50. The molecule has 4 aliphatic rings. The fourth-order valence-electron chi connectivity index (χ4n) is 7.39. The van der Waals surface area contributed by atoms with E-state index in [0.717, 1.165) is 51.6 Å². The molecule has 230 valence electrons. The Hall–Kier alpha value is -1.64. The fourth-order valence-corrected chi connectivity index (χ4v) is 9.45. The second kappa shape index (κ2) is 14.4. The van der Waals surface area contributed by atoms with Crippen LogP contribution >= 0.6 is 23.4 Å². The number of halogens is 1. The average molecular weight is 615 g/mol. The van der Waals surface area contributed by atoms with Crippen LogP contribution in [0.4, 0.5) is 0 Å². The fraction of sp³-hybridized carbons (Fsp3) is 0.688. The third kappa shape index (κ3) is 7.02. The number of benzene rings is 1. The summed E-state index contributed by atoms with van der Waals surface area (Å²) in [6.45, 7) is 9.64. The number of thioether (sulfide) groups is 1. The van der Waals surface area contributed by atoms with Gasteiger partial charge in [-0.3, -0.25) is 20.3 Å². The van der Waals surface area contributed by atoms with E-state index in [9.17, 15) is 10.1 Å². The number of hydrogen-bond acceptors (Lipinski definition) is 8. The molecule has 3 fully saturated rings. The summed E-state index contributed by atoms with van der Waals surface area (Å²) >= 11 is 9.20. The molecule has 42 heavy (non-hydrogen) atoms. The monoisotopic (exact) mass is 614 g/mol. The van der Waals surface area contributed by atoms with E-state index in [1.165, 1.54) is 16.5 Å². The summed E-state index contributed by atoms with van der Waals surface area (Å²) in [7, 11) is 1.99. The number of carbonyl (C=O) groups excluding carboxylic acids is 1. The Balaban J connectivity index is 1.34. The Kier molecular flexibility index (Phi) is 10.9. The van der Waals surface area contributed by atoms with Crippen molar-refractivity contribution in [1.82, 2.24) is 25.8 Å². The minimum absolute atomic E-state index is 0.0185. The molecule has 3 aliphatic heterocycles. The second-order valence-corrected chi connectivity index (χ2v) is 14.5. The minimum Gasteiger partial charge on any atom is -0.350 e. The van der Waals surface area contributed by atoms with Crippen LogP contribution in [0.3, 0.4) is 0 Å². The molecule has 10 heteroatoms. The standard InChI is InChI=1S/C32H47ClN6O2S/c1-4-29(40)39-17-16-38(20-24(39)12-14-34)30-25-11-13-32(28(33)18-23-9-5-6-10-27(23)42-32)19-26(25)36-31(37-30)41-21-22(2)8-7-15-35-3/h4-6,9-10,22,24-26,28,30-31,35-37H,1,7-8,11-13,15-21H2,2-3H3/t22?,24?,25?,26?,28?,30?,31?,32-/m0/s1. The first kappa shape index (κ1) is 31.8. The van der Waals surface area contributed by atoms with Crippen LogP contribution in [0.2, 0.25) is 0 Å². The molecule has 1 saturated carbocycles. The van der Waals surface area contributed by atoms with Crippen molar-refractivity contribution in [1.29, 1.82) is 5.26 Å². The molecular formula is C32H47ClN6O2S. The molecule has 8 atom stereocenters. The summed E-state index contributed by atoms with van der Waals surface area (Å²) in [6.07, 6.45) is 7.75. The molecule has 1 amide bonds. The van der Waals surface area contributed by atoms with Gasteiger partial charge in [-0.2, -0.15) is 5.26 Å². The molecule has 1 aliphatic carbocycles. The van der Waals surface area contributed by atoms with Crippen molar-refractivity contribution in [3.05, 3.63) is 42.5 Å². The SMILES string of the molecule is C=CC(=O)N1CCN(C2NC(OCC(C)CCCNC)NC3C[C@]4(CCC32)Sc2ccccc2CC4Cl)CC1CC#N. The number of amides is 1. The highest BCUT2D eigenvalue weighted by Gasteiger charge is 2.53. The van der Waals surface area contributed by atoms with Crippen LogP contribution in [0.1, 0.15) is 51.0 Å². The molecule has 7 unspecified atom stereocenters. The van der Waals surface area contributed by atoms with Gasteiger partial charge in [0.2, 0.25) is 5.91 Å². The highest BCUT2D eigenvalue weighted by Crippen LogP contribution is 2.54. The molecule has 0 aromatic heterocycles. The minimum atomic E-state index is -0.268. The summed E-state index contributed by atoms with van der Waals surface area (Å²) in [5.41, 5.74) is 1.36. The van der Waals surface area contributed by atoms with E-state index in [-0.39, 0.29) is 40.6 Å². The van der Waals surface area contributed by atoms with Gasteiger partial charge in [-0.15, -0.1) is 23.4 Å². The molecule has 2 saturated heterocycles. The number of piperazine rings is 1. The first-order chi connectivity index (χ1) is 20.4. The average Bonchev–Trinajstić information content (AvgIpc) is 3.00. The predicted octanol–water partition coefficient (Wildman–Crippen LogP) is 3.92. The molecule has 1 aromatic carbocycles. The number of nitrogens with zero attached hydrogens (tertiary/aromatic N) is 3. The maximum absolute atomic E-state index is 12.6. The van der Waals surface area contributed by atoms with Crippen LogP contribution in [0.5, 0.6) is 0 Å². The summed E-state index contributed by atoms with van der Waals surface area (Å²) in [5.74, 6) is 0.735. The van der Waals surface area contributed by atoms with Gasteiger partial charge in [-0.05, 0) is 75.7 Å². The molecule has 1 spiro atoms. The summed E-state index contributed by atoms with van der Waals surface area (Å²) in [4.78, 5) is 18.2. The third-order valence-corrected chi connectivity index (χ3v) is 12.1. The topological polar surface area (TPSA) is 92.7 Å². The lowest BCUT2D eigenvalue weighted by Gasteiger charge is -2.56. The van der Waals surface area contributed by atoms with Crippen LogP contribution < -0.4 is 16.0 Å². The number of fused-ring (bicyclic) bond motifs is 2. The predicted molar refractivity (Wildman–Crippen MR) is 169 cm³/mol. The first-order valence-electron chi connectivity index (χ1n) is 15.6. The third-order valence-electron chi connectivity index (χ3n) is 9.70. The Bertz CT molecular complexity index is 1130. The lowest BCUT2D eigenvalue weighted by atomic mass is 9.72. The molecule has 0 radical (unpaired) electrons. The van der Waals surface area contributed by atoms with Crippen molar-refractivity contribution in [2.45, 2.75) is 91.5 Å². The van der Waals surface area contributed by atoms with Gasteiger partial charge >= 0.3 is 0 Å². The largest absolute Gasteiger partial charge is 0.350 e. The van der Waals surface area contributed by atoms with Crippen LogP contribution in [0.15, 0.2) is 41.8 Å². The van der Waals surface area contributed by atoms with Crippen molar-refractivity contribution < 1.29 is 9.53 Å². The Labute approximate surface area is 260 Å². The van der Waals surface area contributed by atoms with Gasteiger partial charge in [0.05, 0.1) is 36.7 Å². The summed E-state index contributed by atoms with van der Waals surface area (Å²) in [6, 6.07) is 11.1. The smallest absolute Gasteiger partial charge is 0.246 e. The maximum Gasteiger partial charge on any atom is 0.246 e. The lowest BCUT2D eigenvalue weighted by molar-refractivity contribution is -0.135. The van der Waals surface area contributed by atoms with Crippen LogP contribution in [0, 0.1) is 23.2 Å². The quantitative estimate of drug-likeness (QED) is 0.208. The molecule has 3 N–H and O–H groups in total. The zero-order valence-electron chi connectivity index (χ0n) is 25.1. The maximum atomic E-state index is 12.6. The van der Waals surface area contributed by atoms with Gasteiger partial charge in [0.15, 0.2) is 6.35 Å². The molecule has 0 bridgehead atoms. The van der Waals surface area contributed by atoms with E-state index in [1.54, 1.807) is 0 Å². The van der Waals surface area contributed by atoms with E-state index in [1.807, 2.05) is 23.7 Å². The molecule has 1 aromatic rings. The Morgan fingerprint density at radius 2 is 2.21 bits per heavy atom. The van der Waals surface area contributed by atoms with Crippen molar-refractivity contribution in [2.75, 3.05) is 39.8 Å². The number of hydrogen-bond donors (Lipinski definition) is 3. The van der Waals surface area contributed by atoms with Crippen LogP contribution in [-0.4, -0.2) is 90.3 Å². The van der Waals surface area contributed by atoms with E-state index in [0.29, 0.717) is 38.0 Å². The van der Waals surface area contributed by atoms with Crippen molar-refractivity contribution in [2.24, 2.45) is 11.8 Å². The number of nitriles is 1. The Morgan fingerprint density at radius 1 is 1.38 bits per heavy atom. The van der Waals surface area contributed by atoms with Gasteiger partial charge in [-0.1, -0.05) is 31.7 Å². The van der Waals surface area contributed by atoms with Crippen molar-refractivity contribution in [3.63, 3.8) is 0 Å². The Morgan fingerprint density at radius 3 is 3.00 bits per heavy atom. The van der Waals surface area contributed by atoms with E-state index in [4.69, 9.17) is 16.3 Å². The lowest BCUT2D eigenvalue weighted by Crippen LogP contribution is -2.73. The van der Waals surface area contributed by atoms with Gasteiger partial charge in [0.25, 0.3) is 0 Å². The van der Waals surface area contributed by atoms with Crippen molar-refractivity contribution >= 4 is 29.3 Å². The second-order valence-electron chi connectivity index (χ2n) is 12.5. The zero-order chi connectivity index (χ0) is 29.7. The normalized spacial score (nSPS) is 33.8.